The van der Waals surface area contributed by atoms with Crippen molar-refractivity contribution in [3.8, 4) is 0 Å². The Hall–Kier alpha value is -1.30. The summed E-state index contributed by atoms with van der Waals surface area (Å²) in [6, 6.07) is -0.166. The van der Waals surface area contributed by atoms with Gasteiger partial charge in [-0.05, 0) is 33.6 Å². The number of piperidine rings is 1. The van der Waals surface area contributed by atoms with Crippen LogP contribution in [0.15, 0.2) is 0 Å². The molecule has 1 saturated heterocycles. The topological polar surface area (TPSA) is 87.1 Å². The van der Waals surface area contributed by atoms with Gasteiger partial charge in [0.05, 0.1) is 6.10 Å². The van der Waals surface area contributed by atoms with Crippen molar-refractivity contribution >= 4 is 12.1 Å². The van der Waals surface area contributed by atoms with E-state index < -0.39 is 29.7 Å². The van der Waals surface area contributed by atoms with Crippen LogP contribution in [-0.2, 0) is 9.53 Å². The zero-order valence-electron chi connectivity index (χ0n) is 12.6. The van der Waals surface area contributed by atoms with Crippen molar-refractivity contribution < 1.29 is 24.5 Å². The van der Waals surface area contributed by atoms with Crippen LogP contribution in [0.4, 0.5) is 4.79 Å². The van der Waals surface area contributed by atoms with Gasteiger partial charge < -0.3 is 19.8 Å². The van der Waals surface area contributed by atoms with Crippen molar-refractivity contribution in [3.63, 3.8) is 0 Å². The number of aliphatic hydroxyl groups is 1. The van der Waals surface area contributed by atoms with E-state index in [2.05, 4.69) is 0 Å². The lowest BCUT2D eigenvalue weighted by atomic mass is 9.88. The van der Waals surface area contributed by atoms with Gasteiger partial charge in [-0.25, -0.2) is 4.79 Å². The van der Waals surface area contributed by atoms with Crippen LogP contribution in [0.25, 0.3) is 0 Å². The second-order valence-electron chi connectivity index (χ2n) is 6.32. The van der Waals surface area contributed by atoms with Crippen LogP contribution in [-0.4, -0.2) is 51.5 Å². The molecule has 1 aliphatic heterocycles. The van der Waals surface area contributed by atoms with Crippen molar-refractivity contribution in [2.24, 2.45) is 5.92 Å². The van der Waals surface area contributed by atoms with Crippen molar-refractivity contribution in [2.45, 2.75) is 64.7 Å². The third kappa shape index (κ3) is 4.37. The van der Waals surface area contributed by atoms with Crippen LogP contribution >= 0.6 is 0 Å². The lowest BCUT2D eigenvalue weighted by Crippen LogP contribution is -2.55. The molecule has 0 aliphatic carbocycles. The number of carbonyl (C=O) groups is 2. The van der Waals surface area contributed by atoms with E-state index in [0.29, 0.717) is 0 Å². The minimum Gasteiger partial charge on any atom is -0.481 e. The summed E-state index contributed by atoms with van der Waals surface area (Å²) in [5.41, 5.74) is -0.622. The fourth-order valence-electron chi connectivity index (χ4n) is 2.45. The highest BCUT2D eigenvalue weighted by molar-refractivity contribution is 5.74. The molecule has 6 nitrogen and oxygen atoms in total. The number of nitrogens with zero attached hydrogens (tertiary/aromatic N) is 1. The van der Waals surface area contributed by atoms with Crippen LogP contribution in [0.2, 0.25) is 0 Å². The molecule has 1 aliphatic rings. The van der Waals surface area contributed by atoms with Gasteiger partial charge in [0, 0.05) is 12.6 Å². The van der Waals surface area contributed by atoms with Gasteiger partial charge in [-0.1, -0.05) is 13.3 Å². The van der Waals surface area contributed by atoms with Gasteiger partial charge in [-0.15, -0.1) is 0 Å². The highest BCUT2D eigenvalue weighted by Gasteiger charge is 2.41. The monoisotopic (exact) mass is 287 g/mol. The summed E-state index contributed by atoms with van der Waals surface area (Å²) in [5.74, 6) is -2.03. The van der Waals surface area contributed by atoms with Gasteiger partial charge >= 0.3 is 12.1 Å². The highest BCUT2D eigenvalue weighted by atomic mass is 16.6. The second-order valence-corrected chi connectivity index (χ2v) is 6.32. The Balaban J connectivity index is 2.86. The Morgan fingerprint density at radius 3 is 2.40 bits per heavy atom. The quantitative estimate of drug-likeness (QED) is 0.827. The molecule has 0 bridgehead atoms. The minimum atomic E-state index is -1.08. The molecule has 1 heterocycles. The second kappa shape index (κ2) is 6.43. The van der Waals surface area contributed by atoms with Crippen molar-refractivity contribution in [1.29, 1.82) is 0 Å². The molecule has 1 amide bonds. The Morgan fingerprint density at radius 2 is 1.95 bits per heavy atom. The molecule has 0 aromatic heterocycles. The molecule has 1 rings (SSSR count). The molecule has 0 unspecified atom stereocenters. The van der Waals surface area contributed by atoms with Crippen molar-refractivity contribution in [2.75, 3.05) is 6.54 Å². The summed E-state index contributed by atoms with van der Waals surface area (Å²) < 4.78 is 5.33. The zero-order valence-corrected chi connectivity index (χ0v) is 12.6. The fraction of sp³-hybridized carbons (Fsp3) is 0.857. The number of amides is 1. The zero-order chi connectivity index (χ0) is 15.5. The van der Waals surface area contributed by atoms with Crippen LogP contribution in [0.5, 0.6) is 0 Å². The number of carboxylic acids is 1. The van der Waals surface area contributed by atoms with E-state index in [1.165, 1.54) is 4.90 Å². The van der Waals surface area contributed by atoms with Crippen molar-refractivity contribution in [3.05, 3.63) is 0 Å². The van der Waals surface area contributed by atoms with Crippen LogP contribution in [0.1, 0.15) is 47.0 Å². The third-order valence-corrected chi connectivity index (χ3v) is 3.38. The van der Waals surface area contributed by atoms with Crippen LogP contribution < -0.4 is 0 Å². The van der Waals surface area contributed by atoms with E-state index in [0.717, 1.165) is 12.8 Å². The average Bonchev–Trinajstić information content (AvgIpc) is 2.26. The van der Waals surface area contributed by atoms with E-state index in [1.54, 1.807) is 20.8 Å². The summed E-state index contributed by atoms with van der Waals surface area (Å²) in [5, 5.41) is 19.0. The maximum Gasteiger partial charge on any atom is 0.410 e. The van der Waals surface area contributed by atoms with E-state index in [9.17, 15) is 14.7 Å². The molecule has 3 atom stereocenters. The first kappa shape index (κ1) is 16.8. The first-order valence-electron chi connectivity index (χ1n) is 7.06. The summed E-state index contributed by atoms with van der Waals surface area (Å²) in [4.78, 5) is 24.8. The van der Waals surface area contributed by atoms with Gasteiger partial charge in [-0.3, -0.25) is 4.79 Å². The Kier molecular flexibility index (Phi) is 5.39. The molecule has 0 radical (unpaired) electrons. The maximum atomic E-state index is 12.2. The number of ether oxygens (including phenoxy) is 1. The predicted molar refractivity (Wildman–Crippen MR) is 73.4 cm³/mol. The number of carboxylic acid groups (broad SMARTS) is 1. The minimum absolute atomic E-state index is 0.00389. The Morgan fingerprint density at radius 1 is 1.35 bits per heavy atom. The highest BCUT2D eigenvalue weighted by Crippen LogP contribution is 2.27. The molecule has 1 fully saturated rings. The number of hydrogen-bond donors (Lipinski definition) is 2. The first-order valence-corrected chi connectivity index (χ1v) is 7.06. The molecule has 0 aromatic carbocycles. The molecule has 0 saturated carbocycles. The van der Waals surface area contributed by atoms with Crippen LogP contribution in [0.3, 0.4) is 0 Å². The number of hydrogen-bond acceptors (Lipinski definition) is 4. The van der Waals surface area contributed by atoms with E-state index >= 15 is 0 Å². The molecule has 116 valence electrons. The third-order valence-electron chi connectivity index (χ3n) is 3.38. The summed E-state index contributed by atoms with van der Waals surface area (Å²) in [6.07, 6.45) is 0.443. The lowest BCUT2D eigenvalue weighted by Gasteiger charge is -2.41. The fourth-order valence-corrected chi connectivity index (χ4v) is 2.45. The van der Waals surface area contributed by atoms with Gasteiger partial charge in [0.1, 0.15) is 11.5 Å². The number of likely N-dealkylation sites (tertiary alicyclic amines) is 1. The number of carbonyl (C=O) groups excluding carboxylic acids is 1. The van der Waals surface area contributed by atoms with Crippen molar-refractivity contribution in [1.82, 2.24) is 4.90 Å². The standard InChI is InChI=1S/C14H25NO5/c1-5-6-9-7-11(16)10(12(17)18)8-15(9)13(19)20-14(2,3)4/h9-11,16H,5-8H2,1-4H3,(H,17,18)/t9-,10+,11-/m1/s1. The maximum absolute atomic E-state index is 12.2. The molecule has 0 aromatic rings. The van der Waals surface area contributed by atoms with Gasteiger partial charge in [0.2, 0.25) is 0 Å². The molecule has 20 heavy (non-hydrogen) atoms. The summed E-state index contributed by atoms with van der Waals surface area (Å²) in [6.45, 7) is 7.30. The molecular formula is C14H25NO5. The molecule has 2 N–H and O–H groups in total. The normalized spacial score (nSPS) is 27.2. The predicted octanol–water partition coefficient (Wildman–Crippen LogP) is 1.86. The number of rotatable bonds is 3. The van der Waals surface area contributed by atoms with E-state index in [4.69, 9.17) is 9.84 Å². The summed E-state index contributed by atoms with van der Waals surface area (Å²) in [7, 11) is 0. The largest absolute Gasteiger partial charge is 0.481 e. The number of aliphatic hydroxyl groups excluding tert-OH is 1. The number of aliphatic carboxylic acids is 1. The smallest absolute Gasteiger partial charge is 0.410 e. The lowest BCUT2D eigenvalue weighted by molar-refractivity contribution is -0.149. The molecule has 6 heteroatoms. The first-order chi connectivity index (χ1) is 9.15. The van der Waals surface area contributed by atoms with Gasteiger partial charge in [-0.2, -0.15) is 0 Å². The summed E-state index contributed by atoms with van der Waals surface area (Å²) >= 11 is 0. The molecule has 0 spiro atoms. The Bertz CT molecular complexity index is 363. The van der Waals surface area contributed by atoms with Gasteiger partial charge in [0.25, 0.3) is 0 Å². The molecular weight excluding hydrogens is 262 g/mol. The Labute approximate surface area is 119 Å². The average molecular weight is 287 g/mol. The van der Waals surface area contributed by atoms with E-state index in [1.807, 2.05) is 6.92 Å². The van der Waals surface area contributed by atoms with E-state index in [-0.39, 0.29) is 19.0 Å². The SMILES string of the molecule is CCC[C@@H]1C[C@@H](O)[C@@H](C(=O)O)CN1C(=O)OC(C)(C)C. The van der Waals surface area contributed by atoms with Crippen LogP contribution in [0, 0.1) is 5.92 Å². The van der Waals surface area contributed by atoms with Gasteiger partial charge in [0.15, 0.2) is 0 Å².